The van der Waals surface area contributed by atoms with Crippen molar-refractivity contribution in [3.8, 4) is 11.4 Å². The molecule has 5 nitrogen and oxygen atoms in total. The molecule has 0 saturated carbocycles. The summed E-state index contributed by atoms with van der Waals surface area (Å²) in [5, 5.41) is 0. The fraction of sp³-hybridized carbons (Fsp3) is 0.375. The number of likely N-dealkylation sites (N-methyl/N-ethyl adjacent to an activating group) is 1. The van der Waals surface area contributed by atoms with Gasteiger partial charge in [-0.05, 0) is 49.4 Å². The maximum absolute atomic E-state index is 5.63. The minimum Gasteiger partial charge on any atom is -0.374 e. The minimum absolute atomic E-state index is 0.779. The Kier molecular flexibility index (Phi) is 2.82. The molecular formula is C16H19N5. The van der Waals surface area contributed by atoms with Gasteiger partial charge in [-0.2, -0.15) is 0 Å². The molecule has 5 heteroatoms. The number of aromatic nitrogens is 2. The first-order valence-electron chi connectivity index (χ1n) is 7.47. The lowest BCUT2D eigenvalue weighted by Gasteiger charge is -2.13. The van der Waals surface area contributed by atoms with Crippen LogP contribution in [0.3, 0.4) is 0 Å². The van der Waals surface area contributed by atoms with Crippen LogP contribution in [-0.4, -0.2) is 23.6 Å². The fourth-order valence-corrected chi connectivity index (χ4v) is 3.39. The first-order valence-corrected chi connectivity index (χ1v) is 7.47. The van der Waals surface area contributed by atoms with Crippen molar-refractivity contribution in [3.05, 3.63) is 35.0 Å². The van der Waals surface area contributed by atoms with Crippen LogP contribution in [0.4, 0.5) is 11.5 Å². The van der Waals surface area contributed by atoms with E-state index < -0.39 is 0 Å². The molecule has 1 aromatic carbocycles. The standard InChI is InChI=1S/C16H19N5/c1-21-8-7-10-9-11(5-6-14(10)21)15-18-13-4-2-3-12(13)16(19-15)20-17/h5-6,9H,2-4,7-8,17H2,1H3,(H,18,19,20). The Hall–Kier alpha value is -2.14. The average Bonchev–Trinajstić information content (AvgIpc) is 3.12. The third-order valence-electron chi connectivity index (χ3n) is 4.54. The molecule has 4 rings (SSSR count). The Bertz CT molecular complexity index is 710. The number of benzene rings is 1. The van der Waals surface area contributed by atoms with E-state index in [-0.39, 0.29) is 0 Å². The summed E-state index contributed by atoms with van der Waals surface area (Å²) in [6.07, 6.45) is 4.26. The van der Waals surface area contributed by atoms with Gasteiger partial charge in [0.2, 0.25) is 0 Å². The van der Waals surface area contributed by atoms with Gasteiger partial charge in [-0.25, -0.2) is 15.8 Å². The summed E-state index contributed by atoms with van der Waals surface area (Å²) < 4.78 is 0. The summed E-state index contributed by atoms with van der Waals surface area (Å²) in [6, 6.07) is 6.50. The molecule has 0 unspecified atom stereocenters. The Morgan fingerprint density at radius 1 is 1.19 bits per heavy atom. The number of anilines is 2. The summed E-state index contributed by atoms with van der Waals surface area (Å²) in [6.45, 7) is 1.08. The lowest BCUT2D eigenvalue weighted by atomic mass is 10.1. The minimum atomic E-state index is 0.779. The van der Waals surface area contributed by atoms with Crippen molar-refractivity contribution < 1.29 is 0 Å². The van der Waals surface area contributed by atoms with E-state index in [2.05, 4.69) is 40.6 Å². The quantitative estimate of drug-likeness (QED) is 0.650. The van der Waals surface area contributed by atoms with E-state index >= 15 is 0 Å². The Balaban J connectivity index is 1.81. The number of hydrogen-bond acceptors (Lipinski definition) is 5. The normalized spacial score (nSPS) is 16.0. The molecule has 1 aromatic heterocycles. The largest absolute Gasteiger partial charge is 0.374 e. The second-order valence-electron chi connectivity index (χ2n) is 5.83. The van der Waals surface area contributed by atoms with Crippen molar-refractivity contribution in [3.63, 3.8) is 0 Å². The van der Waals surface area contributed by atoms with Crippen molar-refractivity contribution in [1.29, 1.82) is 0 Å². The molecule has 0 spiro atoms. The molecule has 0 amide bonds. The first-order chi connectivity index (χ1) is 10.3. The van der Waals surface area contributed by atoms with Gasteiger partial charge in [0.15, 0.2) is 5.82 Å². The Morgan fingerprint density at radius 2 is 2.10 bits per heavy atom. The van der Waals surface area contributed by atoms with Gasteiger partial charge in [-0.15, -0.1) is 0 Å². The van der Waals surface area contributed by atoms with Crippen LogP contribution in [0.2, 0.25) is 0 Å². The van der Waals surface area contributed by atoms with E-state index in [1.807, 2.05) is 0 Å². The zero-order chi connectivity index (χ0) is 14.4. The molecule has 2 heterocycles. The van der Waals surface area contributed by atoms with Crippen LogP contribution in [0.15, 0.2) is 18.2 Å². The highest BCUT2D eigenvalue weighted by molar-refractivity contribution is 5.68. The fourth-order valence-electron chi connectivity index (χ4n) is 3.39. The molecule has 0 radical (unpaired) electrons. The highest BCUT2D eigenvalue weighted by atomic mass is 15.3. The zero-order valence-electron chi connectivity index (χ0n) is 12.2. The first kappa shape index (κ1) is 12.6. The second-order valence-corrected chi connectivity index (χ2v) is 5.83. The van der Waals surface area contributed by atoms with Crippen LogP contribution in [0.25, 0.3) is 11.4 Å². The molecule has 1 aliphatic carbocycles. The summed E-state index contributed by atoms with van der Waals surface area (Å²) in [7, 11) is 2.13. The molecule has 2 aliphatic rings. The number of rotatable bonds is 2. The van der Waals surface area contributed by atoms with Crippen LogP contribution in [0.1, 0.15) is 23.2 Å². The van der Waals surface area contributed by atoms with Crippen molar-refractivity contribution in [2.45, 2.75) is 25.7 Å². The number of nitrogens with zero attached hydrogens (tertiary/aromatic N) is 3. The summed E-state index contributed by atoms with van der Waals surface area (Å²) in [5.41, 5.74) is 8.84. The van der Waals surface area contributed by atoms with Gasteiger partial charge >= 0.3 is 0 Å². The lowest BCUT2D eigenvalue weighted by molar-refractivity contribution is 0.900. The van der Waals surface area contributed by atoms with Gasteiger partial charge in [-0.3, -0.25) is 0 Å². The van der Waals surface area contributed by atoms with Crippen molar-refractivity contribution in [2.24, 2.45) is 5.84 Å². The predicted octanol–water partition coefficient (Wildman–Crippen LogP) is 1.91. The lowest BCUT2D eigenvalue weighted by Crippen LogP contribution is -2.13. The van der Waals surface area contributed by atoms with E-state index in [0.717, 1.165) is 55.1 Å². The van der Waals surface area contributed by atoms with Crippen LogP contribution in [-0.2, 0) is 19.3 Å². The van der Waals surface area contributed by atoms with E-state index in [1.54, 1.807) is 0 Å². The number of nitrogen functional groups attached to an aromatic ring is 1. The zero-order valence-corrected chi connectivity index (χ0v) is 12.2. The summed E-state index contributed by atoms with van der Waals surface area (Å²) in [5.74, 6) is 7.19. The SMILES string of the molecule is CN1CCc2cc(-c3nc4c(c(NN)n3)CCC4)ccc21. The molecule has 0 saturated heterocycles. The molecule has 108 valence electrons. The van der Waals surface area contributed by atoms with E-state index in [9.17, 15) is 0 Å². The third-order valence-corrected chi connectivity index (χ3v) is 4.54. The van der Waals surface area contributed by atoms with Crippen molar-refractivity contribution in [1.82, 2.24) is 9.97 Å². The molecule has 3 N–H and O–H groups in total. The smallest absolute Gasteiger partial charge is 0.161 e. The molecule has 1 aliphatic heterocycles. The molecule has 0 atom stereocenters. The maximum atomic E-state index is 5.63. The highest BCUT2D eigenvalue weighted by Crippen LogP contribution is 2.32. The number of hydrogen-bond donors (Lipinski definition) is 2. The topological polar surface area (TPSA) is 67.1 Å². The highest BCUT2D eigenvalue weighted by Gasteiger charge is 2.21. The average molecular weight is 281 g/mol. The van der Waals surface area contributed by atoms with Gasteiger partial charge in [0.25, 0.3) is 0 Å². The Labute approximate surface area is 124 Å². The van der Waals surface area contributed by atoms with Crippen LogP contribution < -0.4 is 16.2 Å². The van der Waals surface area contributed by atoms with Crippen molar-refractivity contribution in [2.75, 3.05) is 23.9 Å². The maximum Gasteiger partial charge on any atom is 0.161 e. The third kappa shape index (κ3) is 1.96. The number of fused-ring (bicyclic) bond motifs is 2. The molecule has 0 bridgehead atoms. The van der Waals surface area contributed by atoms with Gasteiger partial charge in [0.1, 0.15) is 5.82 Å². The number of nitrogens with two attached hydrogens (primary N) is 1. The van der Waals surface area contributed by atoms with Crippen LogP contribution in [0.5, 0.6) is 0 Å². The molecule has 21 heavy (non-hydrogen) atoms. The second kappa shape index (κ2) is 4.70. The number of hydrazine groups is 1. The molecule has 2 aromatic rings. The summed E-state index contributed by atoms with van der Waals surface area (Å²) >= 11 is 0. The van der Waals surface area contributed by atoms with Gasteiger partial charge in [0, 0.05) is 36.1 Å². The van der Waals surface area contributed by atoms with Crippen molar-refractivity contribution >= 4 is 11.5 Å². The van der Waals surface area contributed by atoms with E-state index in [0.29, 0.717) is 0 Å². The Morgan fingerprint density at radius 3 is 2.95 bits per heavy atom. The number of aryl methyl sites for hydroxylation is 1. The predicted molar refractivity (Wildman–Crippen MR) is 84.3 cm³/mol. The molecular weight excluding hydrogens is 262 g/mol. The monoisotopic (exact) mass is 281 g/mol. The van der Waals surface area contributed by atoms with Crippen LogP contribution >= 0.6 is 0 Å². The van der Waals surface area contributed by atoms with Gasteiger partial charge in [-0.1, -0.05) is 0 Å². The van der Waals surface area contributed by atoms with E-state index in [1.165, 1.54) is 16.8 Å². The van der Waals surface area contributed by atoms with E-state index in [4.69, 9.17) is 10.8 Å². The molecule has 0 fully saturated rings. The number of nitrogens with one attached hydrogen (secondary N) is 1. The summed E-state index contributed by atoms with van der Waals surface area (Å²) in [4.78, 5) is 11.7. The van der Waals surface area contributed by atoms with Gasteiger partial charge < -0.3 is 10.3 Å². The van der Waals surface area contributed by atoms with Gasteiger partial charge in [0.05, 0.1) is 0 Å². The van der Waals surface area contributed by atoms with Crippen LogP contribution in [0, 0.1) is 0 Å².